The van der Waals surface area contributed by atoms with E-state index in [4.69, 9.17) is 23.7 Å². The van der Waals surface area contributed by atoms with Crippen LogP contribution in [0.5, 0.6) is 0 Å². The minimum Gasteiger partial charge on any atom is -0.457 e. The normalized spacial score (nSPS) is 35.2. The van der Waals surface area contributed by atoms with Crippen molar-refractivity contribution in [2.45, 2.75) is 51.5 Å². The summed E-state index contributed by atoms with van der Waals surface area (Å²) in [6, 6.07) is 0. The zero-order valence-electron chi connectivity index (χ0n) is 11.4. The lowest BCUT2D eigenvalue weighted by atomic mass is 10.1. The van der Waals surface area contributed by atoms with E-state index in [0.29, 0.717) is 0 Å². The summed E-state index contributed by atoms with van der Waals surface area (Å²) in [6.07, 6.45) is -4.00. The van der Waals surface area contributed by atoms with Crippen molar-refractivity contribution in [3.63, 3.8) is 0 Å². The van der Waals surface area contributed by atoms with Crippen LogP contribution in [-0.4, -0.2) is 55.2 Å². The highest BCUT2D eigenvalue weighted by atomic mass is 16.8. The largest absolute Gasteiger partial charge is 0.457 e. The summed E-state index contributed by atoms with van der Waals surface area (Å²) in [5.74, 6) is -1.60. The molecule has 2 fully saturated rings. The SMILES string of the molecule is CC(=O)O[C@H]1[C@H](OC(C)=O)[C@H]2OC[C@H](OC(C)=O)[C@@H]1O2. The molecule has 0 amide bonds. The van der Waals surface area contributed by atoms with Crippen molar-refractivity contribution >= 4 is 17.9 Å². The van der Waals surface area contributed by atoms with Gasteiger partial charge in [-0.3, -0.25) is 14.4 Å². The molecule has 2 bridgehead atoms. The fourth-order valence-electron chi connectivity index (χ4n) is 2.32. The predicted octanol–water partition coefficient (Wildman–Crippen LogP) is -0.463. The maximum Gasteiger partial charge on any atom is 0.303 e. The Kier molecular flexibility index (Phi) is 4.24. The molecule has 0 aromatic heterocycles. The van der Waals surface area contributed by atoms with E-state index in [9.17, 15) is 14.4 Å². The highest BCUT2D eigenvalue weighted by molar-refractivity contribution is 5.68. The second-order valence-electron chi connectivity index (χ2n) is 4.60. The van der Waals surface area contributed by atoms with Gasteiger partial charge in [-0.05, 0) is 0 Å². The second-order valence-corrected chi connectivity index (χ2v) is 4.60. The molecular formula is C12H16O8. The first-order valence-electron chi connectivity index (χ1n) is 6.17. The van der Waals surface area contributed by atoms with Crippen LogP contribution >= 0.6 is 0 Å². The van der Waals surface area contributed by atoms with E-state index in [1.807, 2.05) is 0 Å². The lowest BCUT2D eigenvalue weighted by Crippen LogP contribution is -2.45. The Bertz CT molecular complexity index is 420. The zero-order chi connectivity index (χ0) is 14.9. The van der Waals surface area contributed by atoms with Gasteiger partial charge in [-0.1, -0.05) is 0 Å². The molecule has 0 aromatic carbocycles. The molecular weight excluding hydrogens is 272 g/mol. The van der Waals surface area contributed by atoms with Crippen molar-refractivity contribution in [2.75, 3.05) is 6.61 Å². The Morgan fingerprint density at radius 2 is 1.45 bits per heavy atom. The summed E-state index contributed by atoms with van der Waals surface area (Å²) in [4.78, 5) is 33.4. The number of fused-ring (bicyclic) bond motifs is 2. The molecule has 0 aromatic rings. The van der Waals surface area contributed by atoms with Gasteiger partial charge in [-0.15, -0.1) is 0 Å². The first-order chi connectivity index (χ1) is 9.38. The van der Waals surface area contributed by atoms with Crippen molar-refractivity contribution in [1.82, 2.24) is 0 Å². The monoisotopic (exact) mass is 288 g/mol. The van der Waals surface area contributed by atoms with Gasteiger partial charge in [0.2, 0.25) is 0 Å². The Morgan fingerprint density at radius 3 is 2.00 bits per heavy atom. The van der Waals surface area contributed by atoms with Crippen LogP contribution in [0, 0.1) is 0 Å². The minimum atomic E-state index is -0.873. The highest BCUT2D eigenvalue weighted by Gasteiger charge is 2.56. The molecule has 0 radical (unpaired) electrons. The molecule has 2 rings (SSSR count). The van der Waals surface area contributed by atoms with E-state index in [2.05, 4.69) is 0 Å². The predicted molar refractivity (Wildman–Crippen MR) is 61.3 cm³/mol. The number of carbonyl (C=O) groups is 3. The van der Waals surface area contributed by atoms with Crippen molar-refractivity contribution in [2.24, 2.45) is 0 Å². The van der Waals surface area contributed by atoms with Crippen molar-refractivity contribution in [3.05, 3.63) is 0 Å². The van der Waals surface area contributed by atoms with Crippen molar-refractivity contribution in [1.29, 1.82) is 0 Å². The van der Waals surface area contributed by atoms with Crippen LogP contribution in [0.2, 0.25) is 0 Å². The van der Waals surface area contributed by atoms with Crippen LogP contribution in [0.15, 0.2) is 0 Å². The third kappa shape index (κ3) is 3.07. The molecule has 0 aliphatic carbocycles. The first-order valence-corrected chi connectivity index (χ1v) is 6.17. The Morgan fingerprint density at radius 1 is 0.900 bits per heavy atom. The second kappa shape index (κ2) is 5.76. The van der Waals surface area contributed by atoms with Crippen LogP contribution in [0.3, 0.4) is 0 Å². The third-order valence-corrected chi connectivity index (χ3v) is 2.92. The lowest BCUT2D eigenvalue weighted by Gasteiger charge is -2.29. The summed E-state index contributed by atoms with van der Waals surface area (Å²) >= 11 is 0. The van der Waals surface area contributed by atoms with Gasteiger partial charge in [-0.25, -0.2) is 0 Å². The molecule has 8 heteroatoms. The quantitative estimate of drug-likeness (QED) is 0.508. The Labute approximate surface area is 115 Å². The van der Waals surface area contributed by atoms with Crippen LogP contribution in [0.4, 0.5) is 0 Å². The number of hydrogen-bond donors (Lipinski definition) is 0. The molecule has 2 aliphatic heterocycles. The maximum atomic E-state index is 11.2. The highest BCUT2D eigenvalue weighted by Crippen LogP contribution is 2.34. The van der Waals surface area contributed by atoms with Gasteiger partial charge in [0.25, 0.3) is 0 Å². The third-order valence-electron chi connectivity index (χ3n) is 2.92. The molecule has 2 saturated heterocycles. The van der Waals surface area contributed by atoms with E-state index in [1.165, 1.54) is 20.8 Å². The van der Waals surface area contributed by atoms with E-state index in [-0.39, 0.29) is 6.61 Å². The molecule has 2 aliphatic rings. The standard InChI is InChI=1S/C12H16O8/c1-5(13)17-8-4-16-12-11(19-7(3)15)10(9(8)20-12)18-6(2)14/h8-12H,4H2,1-3H3/t8-,9-,10+,11-,12-/m0/s1. The average molecular weight is 288 g/mol. The fraction of sp³-hybridized carbons (Fsp3) is 0.750. The van der Waals surface area contributed by atoms with Crippen LogP contribution in [0.1, 0.15) is 20.8 Å². The van der Waals surface area contributed by atoms with Crippen molar-refractivity contribution < 1.29 is 38.1 Å². The van der Waals surface area contributed by atoms with Gasteiger partial charge >= 0.3 is 17.9 Å². The molecule has 5 atom stereocenters. The molecule has 0 saturated carbocycles. The average Bonchev–Trinajstić information content (AvgIpc) is 2.57. The number of esters is 3. The van der Waals surface area contributed by atoms with Gasteiger partial charge in [0.15, 0.2) is 24.6 Å². The van der Waals surface area contributed by atoms with Gasteiger partial charge < -0.3 is 23.7 Å². The summed E-state index contributed by atoms with van der Waals surface area (Å²) in [6.45, 7) is 3.81. The maximum absolute atomic E-state index is 11.2. The fourth-order valence-corrected chi connectivity index (χ4v) is 2.32. The molecule has 2 heterocycles. The number of rotatable bonds is 3. The molecule has 112 valence electrons. The van der Waals surface area contributed by atoms with Crippen LogP contribution in [0.25, 0.3) is 0 Å². The van der Waals surface area contributed by atoms with Crippen LogP contribution < -0.4 is 0 Å². The van der Waals surface area contributed by atoms with E-state index >= 15 is 0 Å². The van der Waals surface area contributed by atoms with Crippen molar-refractivity contribution in [3.8, 4) is 0 Å². The zero-order valence-corrected chi connectivity index (χ0v) is 11.4. The van der Waals surface area contributed by atoms with Gasteiger partial charge in [0.1, 0.15) is 6.10 Å². The Hall–Kier alpha value is -1.67. The Balaban J connectivity index is 2.17. The summed E-state index contributed by atoms with van der Waals surface area (Å²) < 4.78 is 26.1. The summed E-state index contributed by atoms with van der Waals surface area (Å²) in [5, 5.41) is 0. The number of carbonyl (C=O) groups excluding carboxylic acids is 3. The molecule has 0 unspecified atom stereocenters. The van der Waals surface area contributed by atoms with E-state index in [0.717, 1.165) is 0 Å². The van der Waals surface area contributed by atoms with Gasteiger partial charge in [0, 0.05) is 20.8 Å². The number of ether oxygens (including phenoxy) is 5. The number of hydrogen-bond acceptors (Lipinski definition) is 8. The molecule has 8 nitrogen and oxygen atoms in total. The van der Waals surface area contributed by atoms with E-state index < -0.39 is 48.6 Å². The van der Waals surface area contributed by atoms with Gasteiger partial charge in [0.05, 0.1) is 6.61 Å². The smallest absolute Gasteiger partial charge is 0.303 e. The topological polar surface area (TPSA) is 97.4 Å². The van der Waals surface area contributed by atoms with Crippen LogP contribution in [-0.2, 0) is 38.1 Å². The first kappa shape index (κ1) is 14.7. The summed E-state index contributed by atoms with van der Waals surface area (Å²) in [5.41, 5.74) is 0. The minimum absolute atomic E-state index is 0.0877. The lowest BCUT2D eigenvalue weighted by molar-refractivity contribution is -0.242. The van der Waals surface area contributed by atoms with Gasteiger partial charge in [-0.2, -0.15) is 0 Å². The molecule has 0 spiro atoms. The molecule has 0 N–H and O–H groups in total. The summed E-state index contributed by atoms with van der Waals surface area (Å²) in [7, 11) is 0. The molecule has 20 heavy (non-hydrogen) atoms. The van der Waals surface area contributed by atoms with E-state index in [1.54, 1.807) is 0 Å².